The second kappa shape index (κ2) is 5.79. The first kappa shape index (κ1) is 14.8. The van der Waals surface area contributed by atoms with Crippen LogP contribution in [-0.4, -0.2) is 6.98 Å². The van der Waals surface area contributed by atoms with E-state index in [4.69, 9.17) is 16.3 Å². The van der Waals surface area contributed by atoms with E-state index in [1.165, 1.54) is 6.07 Å². The smallest absolute Gasteiger partial charge is 0.492 e. The van der Waals surface area contributed by atoms with Gasteiger partial charge in [0.15, 0.2) is 0 Å². The lowest BCUT2D eigenvalue weighted by Gasteiger charge is -2.20. The fourth-order valence-corrected chi connectivity index (χ4v) is 2.02. The van der Waals surface area contributed by atoms with Crippen LogP contribution in [0.25, 0.3) is 0 Å². The molecule has 0 aliphatic rings. The maximum Gasteiger partial charge on any atom is 0.513 e. The molecule has 0 heterocycles. The summed E-state index contributed by atoms with van der Waals surface area (Å²) in [7, 11) is 0. The fraction of sp³-hybridized carbons (Fsp3) is 0.143. The molecular weight excluding hydrogens is 287 g/mol. The van der Waals surface area contributed by atoms with Crippen LogP contribution in [0.4, 0.5) is 12.9 Å². The van der Waals surface area contributed by atoms with Gasteiger partial charge in [-0.3, -0.25) is 0 Å². The van der Waals surface area contributed by atoms with Crippen LogP contribution in [0.5, 0.6) is 5.75 Å². The van der Waals surface area contributed by atoms with Crippen molar-refractivity contribution >= 4 is 24.0 Å². The highest BCUT2D eigenvalue weighted by Crippen LogP contribution is 2.22. The van der Waals surface area contributed by atoms with E-state index in [9.17, 15) is 12.9 Å². The van der Waals surface area contributed by atoms with Crippen LogP contribution >= 0.6 is 11.6 Å². The van der Waals surface area contributed by atoms with Gasteiger partial charge < -0.3 is 17.7 Å². The van der Waals surface area contributed by atoms with Crippen molar-refractivity contribution in [2.45, 2.75) is 13.5 Å². The molecule has 2 aromatic carbocycles. The summed E-state index contributed by atoms with van der Waals surface area (Å²) in [5.74, 6) is -0.164. The Bertz CT molecular complexity index is 614. The van der Waals surface area contributed by atoms with Crippen LogP contribution in [0.1, 0.15) is 11.1 Å². The molecule has 0 saturated carbocycles. The molecule has 0 bridgehead atoms. The van der Waals surface area contributed by atoms with Gasteiger partial charge in [0.05, 0.1) is 5.75 Å². The molecule has 2 aromatic rings. The Balaban J connectivity index is 2.24. The maximum absolute atomic E-state index is 13.0. The van der Waals surface area contributed by atoms with Gasteiger partial charge in [-0.05, 0) is 19.1 Å². The maximum atomic E-state index is 13.0. The first-order valence-electron chi connectivity index (χ1n) is 6.04. The van der Waals surface area contributed by atoms with Gasteiger partial charge in [0, 0.05) is 10.6 Å². The molecular formula is C14H12BClF3O-. The van der Waals surface area contributed by atoms with Gasteiger partial charge in [-0.25, -0.2) is 0 Å². The summed E-state index contributed by atoms with van der Waals surface area (Å²) in [6.45, 7) is -3.49. The van der Waals surface area contributed by atoms with Crippen LogP contribution < -0.4 is 10.2 Å². The third kappa shape index (κ3) is 3.48. The predicted octanol–water partition coefficient (Wildman–Crippen LogP) is 4.28. The normalized spacial score (nSPS) is 11.4. The van der Waals surface area contributed by atoms with E-state index >= 15 is 0 Å². The van der Waals surface area contributed by atoms with Crippen LogP contribution in [0.15, 0.2) is 42.5 Å². The van der Waals surface area contributed by atoms with Crippen molar-refractivity contribution in [1.29, 1.82) is 0 Å². The quantitative estimate of drug-likeness (QED) is 0.766. The zero-order valence-electron chi connectivity index (χ0n) is 10.7. The van der Waals surface area contributed by atoms with Crippen molar-refractivity contribution in [3.05, 3.63) is 58.6 Å². The lowest BCUT2D eigenvalue weighted by Crippen LogP contribution is -2.35. The third-order valence-electron chi connectivity index (χ3n) is 2.86. The van der Waals surface area contributed by atoms with Gasteiger partial charge >= 0.3 is 6.98 Å². The second-order valence-electron chi connectivity index (χ2n) is 4.50. The van der Waals surface area contributed by atoms with E-state index in [2.05, 4.69) is 0 Å². The molecule has 6 heteroatoms. The molecule has 1 nitrogen and oxygen atoms in total. The Kier molecular flexibility index (Phi) is 4.28. The number of hydrogen-bond acceptors (Lipinski definition) is 1. The Morgan fingerprint density at radius 2 is 1.80 bits per heavy atom. The third-order valence-corrected chi connectivity index (χ3v) is 3.23. The van der Waals surface area contributed by atoms with Gasteiger partial charge in [0.2, 0.25) is 0 Å². The monoisotopic (exact) mass is 299 g/mol. The first-order chi connectivity index (χ1) is 9.38. The van der Waals surface area contributed by atoms with Crippen LogP contribution in [0.3, 0.4) is 0 Å². The molecule has 106 valence electrons. The molecule has 0 radical (unpaired) electrons. The molecule has 0 atom stereocenters. The molecule has 0 spiro atoms. The second-order valence-corrected chi connectivity index (χ2v) is 4.90. The van der Waals surface area contributed by atoms with E-state index in [-0.39, 0.29) is 12.4 Å². The highest BCUT2D eigenvalue weighted by Gasteiger charge is 2.29. The number of benzene rings is 2. The van der Waals surface area contributed by atoms with E-state index < -0.39 is 12.4 Å². The van der Waals surface area contributed by atoms with Crippen molar-refractivity contribution in [2.24, 2.45) is 0 Å². The van der Waals surface area contributed by atoms with Gasteiger partial charge in [0.1, 0.15) is 6.61 Å². The Labute approximate surface area is 120 Å². The lowest BCUT2D eigenvalue weighted by atomic mass is 9.78. The van der Waals surface area contributed by atoms with Gasteiger partial charge in [0.25, 0.3) is 0 Å². The zero-order chi connectivity index (χ0) is 14.8. The number of halogens is 4. The SMILES string of the molecule is Cc1ccc(OCc2ccccc2Cl)c([B-](F)(F)F)c1. The average Bonchev–Trinajstić information content (AvgIpc) is 2.38. The highest BCUT2D eigenvalue weighted by atomic mass is 35.5. The number of ether oxygens (including phenoxy) is 1. The fourth-order valence-electron chi connectivity index (χ4n) is 1.83. The molecule has 0 fully saturated rings. The molecule has 0 amide bonds. The van der Waals surface area contributed by atoms with E-state index in [1.807, 2.05) is 0 Å². The highest BCUT2D eigenvalue weighted by molar-refractivity contribution is 6.74. The summed E-state index contributed by atoms with van der Waals surface area (Å²) in [6, 6.07) is 10.9. The summed E-state index contributed by atoms with van der Waals surface area (Å²) in [5.41, 5.74) is 0.483. The summed E-state index contributed by atoms with van der Waals surface area (Å²) in [5, 5.41) is 0.471. The van der Waals surface area contributed by atoms with Crippen molar-refractivity contribution in [2.75, 3.05) is 0 Å². The summed E-state index contributed by atoms with van der Waals surface area (Å²) >= 11 is 5.95. The molecule has 0 N–H and O–H groups in total. The number of aryl methyl sites for hydroxylation is 1. The summed E-state index contributed by atoms with van der Waals surface area (Å²) in [4.78, 5) is 0. The first-order valence-corrected chi connectivity index (χ1v) is 6.42. The minimum atomic E-state index is -5.11. The van der Waals surface area contributed by atoms with Crippen LogP contribution in [0.2, 0.25) is 5.02 Å². The summed E-state index contributed by atoms with van der Waals surface area (Å²) in [6.07, 6.45) is 0. The van der Waals surface area contributed by atoms with Gasteiger partial charge in [-0.2, -0.15) is 0 Å². The Hall–Kier alpha value is -1.62. The van der Waals surface area contributed by atoms with Gasteiger partial charge in [-0.15, -0.1) is 0 Å². The van der Waals surface area contributed by atoms with Crippen molar-refractivity contribution < 1.29 is 17.7 Å². The van der Waals surface area contributed by atoms with E-state index in [1.54, 1.807) is 37.3 Å². The van der Waals surface area contributed by atoms with Gasteiger partial charge in [-0.1, -0.05) is 53.0 Å². The number of rotatable bonds is 4. The Morgan fingerprint density at radius 3 is 2.45 bits per heavy atom. The molecule has 0 aliphatic heterocycles. The van der Waals surface area contributed by atoms with E-state index in [0.717, 1.165) is 6.07 Å². The molecule has 0 aromatic heterocycles. The minimum Gasteiger partial charge on any atom is -0.492 e. The van der Waals surface area contributed by atoms with Crippen molar-refractivity contribution in [3.8, 4) is 5.75 Å². The zero-order valence-corrected chi connectivity index (χ0v) is 11.5. The Morgan fingerprint density at radius 1 is 1.10 bits per heavy atom. The average molecular weight is 300 g/mol. The predicted molar refractivity (Wildman–Crippen MR) is 75.7 cm³/mol. The summed E-state index contributed by atoms with van der Waals surface area (Å²) < 4.78 is 44.3. The van der Waals surface area contributed by atoms with Crippen LogP contribution in [0, 0.1) is 6.92 Å². The standard InChI is InChI=1S/C14H12BClF3O/c1-10-6-7-14(12(8-10)15(17,18)19)20-9-11-4-2-3-5-13(11)16/h2-8H,9H2,1H3/q-1. The van der Waals surface area contributed by atoms with Crippen LogP contribution in [-0.2, 0) is 6.61 Å². The lowest BCUT2D eigenvalue weighted by molar-refractivity contribution is 0.307. The molecule has 20 heavy (non-hydrogen) atoms. The van der Waals surface area contributed by atoms with E-state index in [0.29, 0.717) is 16.1 Å². The molecule has 2 rings (SSSR count). The topological polar surface area (TPSA) is 9.23 Å². The molecule has 0 saturated heterocycles. The minimum absolute atomic E-state index is 0.00188. The number of hydrogen-bond donors (Lipinski definition) is 0. The molecule has 0 aliphatic carbocycles. The van der Waals surface area contributed by atoms with Crippen molar-refractivity contribution in [1.82, 2.24) is 0 Å². The van der Waals surface area contributed by atoms with Crippen molar-refractivity contribution in [3.63, 3.8) is 0 Å². The molecule has 0 unspecified atom stereocenters. The largest absolute Gasteiger partial charge is 0.513 e.